The number of nitrogens with one attached hydrogen (secondary N) is 1. The first-order chi connectivity index (χ1) is 10.0. The standard InChI is InChI=1S/C15H21N3O3/c1-12-4-2-5-13(10-12)16-15(21)18-7-3-6-17(8-9-18)11-14(19)20/h2,4-5,10H,3,6-9,11H2,1H3,(H,16,21)(H,19,20). The van der Waals surface area contributed by atoms with E-state index in [9.17, 15) is 9.59 Å². The zero-order valence-electron chi connectivity index (χ0n) is 12.2. The molecule has 2 N–H and O–H groups in total. The molecule has 0 atom stereocenters. The number of rotatable bonds is 3. The zero-order valence-corrected chi connectivity index (χ0v) is 12.2. The quantitative estimate of drug-likeness (QED) is 0.887. The number of anilines is 1. The van der Waals surface area contributed by atoms with Crippen LogP contribution in [0.5, 0.6) is 0 Å². The number of carboxylic acids is 1. The van der Waals surface area contributed by atoms with Gasteiger partial charge in [-0.25, -0.2) is 4.79 Å². The van der Waals surface area contributed by atoms with Crippen LogP contribution in [0.4, 0.5) is 10.5 Å². The van der Waals surface area contributed by atoms with Gasteiger partial charge in [0.15, 0.2) is 0 Å². The smallest absolute Gasteiger partial charge is 0.321 e. The van der Waals surface area contributed by atoms with Gasteiger partial charge in [0, 0.05) is 31.9 Å². The predicted molar refractivity (Wildman–Crippen MR) is 80.5 cm³/mol. The van der Waals surface area contributed by atoms with E-state index < -0.39 is 5.97 Å². The molecule has 1 saturated heterocycles. The third-order valence-corrected chi connectivity index (χ3v) is 3.50. The average Bonchev–Trinajstić information content (AvgIpc) is 2.63. The number of urea groups is 1. The molecule has 0 spiro atoms. The van der Waals surface area contributed by atoms with E-state index in [0.29, 0.717) is 26.2 Å². The zero-order chi connectivity index (χ0) is 15.2. The summed E-state index contributed by atoms with van der Waals surface area (Å²) in [5.41, 5.74) is 1.88. The molecule has 1 fully saturated rings. The van der Waals surface area contributed by atoms with Crippen molar-refractivity contribution in [3.8, 4) is 0 Å². The summed E-state index contributed by atoms with van der Waals surface area (Å²) in [7, 11) is 0. The van der Waals surface area contributed by atoms with Crippen LogP contribution in [0.2, 0.25) is 0 Å². The lowest BCUT2D eigenvalue weighted by atomic mass is 10.2. The van der Waals surface area contributed by atoms with Crippen LogP contribution in [0.15, 0.2) is 24.3 Å². The van der Waals surface area contributed by atoms with E-state index in [1.807, 2.05) is 36.1 Å². The van der Waals surface area contributed by atoms with E-state index in [4.69, 9.17) is 5.11 Å². The van der Waals surface area contributed by atoms with Crippen LogP contribution in [0.1, 0.15) is 12.0 Å². The van der Waals surface area contributed by atoms with Crippen molar-refractivity contribution < 1.29 is 14.7 Å². The first-order valence-electron chi connectivity index (χ1n) is 7.11. The molecule has 0 radical (unpaired) electrons. The van der Waals surface area contributed by atoms with Gasteiger partial charge in [0.1, 0.15) is 0 Å². The first kappa shape index (κ1) is 15.3. The molecule has 0 aliphatic carbocycles. The fourth-order valence-corrected chi connectivity index (χ4v) is 2.45. The number of carboxylic acid groups (broad SMARTS) is 1. The van der Waals surface area contributed by atoms with Crippen LogP contribution in [0.25, 0.3) is 0 Å². The monoisotopic (exact) mass is 291 g/mol. The molecule has 21 heavy (non-hydrogen) atoms. The summed E-state index contributed by atoms with van der Waals surface area (Å²) in [6.45, 7) is 4.51. The Hall–Kier alpha value is -2.08. The molecule has 6 nitrogen and oxygen atoms in total. The van der Waals surface area contributed by atoms with Gasteiger partial charge in [-0.2, -0.15) is 0 Å². The molecule has 2 amide bonds. The number of carbonyl (C=O) groups is 2. The number of nitrogens with zero attached hydrogens (tertiary/aromatic N) is 2. The van der Waals surface area contributed by atoms with Crippen molar-refractivity contribution in [1.82, 2.24) is 9.80 Å². The van der Waals surface area contributed by atoms with Crippen LogP contribution in [-0.2, 0) is 4.79 Å². The van der Waals surface area contributed by atoms with E-state index in [1.165, 1.54) is 0 Å². The van der Waals surface area contributed by atoms with E-state index in [2.05, 4.69) is 5.32 Å². The predicted octanol–water partition coefficient (Wildman–Crippen LogP) is 1.62. The summed E-state index contributed by atoms with van der Waals surface area (Å²) in [4.78, 5) is 26.6. The number of aryl methyl sites for hydroxylation is 1. The number of hydrogen-bond donors (Lipinski definition) is 2. The van der Waals surface area contributed by atoms with Crippen molar-refractivity contribution >= 4 is 17.7 Å². The fraction of sp³-hybridized carbons (Fsp3) is 0.467. The number of carbonyl (C=O) groups excluding carboxylic acids is 1. The van der Waals surface area contributed by atoms with E-state index in [1.54, 1.807) is 4.90 Å². The summed E-state index contributed by atoms with van der Waals surface area (Å²) < 4.78 is 0. The molecular weight excluding hydrogens is 270 g/mol. The third-order valence-electron chi connectivity index (χ3n) is 3.50. The van der Waals surface area contributed by atoms with Crippen molar-refractivity contribution in [3.63, 3.8) is 0 Å². The van der Waals surface area contributed by atoms with Gasteiger partial charge in [-0.15, -0.1) is 0 Å². The van der Waals surface area contributed by atoms with Crippen LogP contribution in [0.3, 0.4) is 0 Å². The second-order valence-electron chi connectivity index (χ2n) is 5.31. The second-order valence-corrected chi connectivity index (χ2v) is 5.31. The fourth-order valence-electron chi connectivity index (χ4n) is 2.45. The summed E-state index contributed by atoms with van der Waals surface area (Å²) in [6.07, 6.45) is 0.786. The largest absolute Gasteiger partial charge is 0.480 e. The van der Waals surface area contributed by atoms with Gasteiger partial charge in [-0.1, -0.05) is 12.1 Å². The molecule has 114 valence electrons. The number of aliphatic carboxylic acids is 1. The van der Waals surface area contributed by atoms with Gasteiger partial charge in [0.05, 0.1) is 6.54 Å². The van der Waals surface area contributed by atoms with E-state index >= 15 is 0 Å². The van der Waals surface area contributed by atoms with Gasteiger partial charge < -0.3 is 15.3 Å². The lowest BCUT2D eigenvalue weighted by Crippen LogP contribution is -2.38. The van der Waals surface area contributed by atoms with E-state index in [-0.39, 0.29) is 12.6 Å². The average molecular weight is 291 g/mol. The third kappa shape index (κ3) is 4.75. The van der Waals surface area contributed by atoms with Crippen molar-refractivity contribution in [3.05, 3.63) is 29.8 Å². The maximum absolute atomic E-state index is 12.2. The molecule has 1 aliphatic rings. The minimum Gasteiger partial charge on any atom is -0.480 e. The summed E-state index contributed by atoms with van der Waals surface area (Å²) in [6, 6.07) is 7.54. The summed E-state index contributed by atoms with van der Waals surface area (Å²) in [5, 5.41) is 11.7. The van der Waals surface area contributed by atoms with Crippen LogP contribution >= 0.6 is 0 Å². The first-order valence-corrected chi connectivity index (χ1v) is 7.11. The van der Waals surface area contributed by atoms with Crippen LogP contribution in [0, 0.1) is 6.92 Å². The topological polar surface area (TPSA) is 72.9 Å². The second kappa shape index (κ2) is 7.08. The molecule has 6 heteroatoms. The van der Waals surface area contributed by atoms with Gasteiger partial charge in [0.25, 0.3) is 0 Å². The molecular formula is C15H21N3O3. The molecule has 1 aromatic rings. The van der Waals surface area contributed by atoms with Crippen molar-refractivity contribution in [2.24, 2.45) is 0 Å². The Bertz CT molecular complexity index is 519. The minimum atomic E-state index is -0.826. The van der Waals surface area contributed by atoms with Gasteiger partial charge >= 0.3 is 12.0 Å². The molecule has 0 saturated carbocycles. The Morgan fingerprint density at radius 3 is 2.76 bits per heavy atom. The maximum Gasteiger partial charge on any atom is 0.321 e. The molecule has 2 rings (SSSR count). The maximum atomic E-state index is 12.2. The van der Waals surface area contributed by atoms with Crippen LogP contribution in [-0.4, -0.2) is 59.6 Å². The Labute approximate surface area is 124 Å². The summed E-state index contributed by atoms with van der Waals surface area (Å²) in [5.74, 6) is -0.826. The number of hydrogen-bond acceptors (Lipinski definition) is 3. The minimum absolute atomic E-state index is 0.0351. The van der Waals surface area contributed by atoms with Gasteiger partial charge in [0.2, 0.25) is 0 Å². The van der Waals surface area contributed by atoms with Crippen molar-refractivity contribution in [2.45, 2.75) is 13.3 Å². The van der Waals surface area contributed by atoms with Gasteiger partial charge in [-0.3, -0.25) is 9.69 Å². The Morgan fingerprint density at radius 1 is 1.24 bits per heavy atom. The molecule has 1 aliphatic heterocycles. The van der Waals surface area contributed by atoms with Crippen LogP contribution < -0.4 is 5.32 Å². The van der Waals surface area contributed by atoms with Crippen molar-refractivity contribution in [2.75, 3.05) is 38.0 Å². The highest BCUT2D eigenvalue weighted by Gasteiger charge is 2.20. The lowest BCUT2D eigenvalue weighted by molar-refractivity contribution is -0.138. The molecule has 0 unspecified atom stereocenters. The summed E-state index contributed by atoms with van der Waals surface area (Å²) >= 11 is 0. The highest BCUT2D eigenvalue weighted by Crippen LogP contribution is 2.11. The molecule has 0 aromatic heterocycles. The van der Waals surface area contributed by atoms with Gasteiger partial charge in [-0.05, 0) is 31.0 Å². The van der Waals surface area contributed by atoms with Crippen molar-refractivity contribution in [1.29, 1.82) is 0 Å². The SMILES string of the molecule is Cc1cccc(NC(=O)N2CCCN(CC(=O)O)CC2)c1. The Morgan fingerprint density at radius 2 is 2.05 bits per heavy atom. The molecule has 0 bridgehead atoms. The Balaban J connectivity index is 1.89. The number of benzene rings is 1. The number of amides is 2. The lowest BCUT2D eigenvalue weighted by Gasteiger charge is -2.21. The highest BCUT2D eigenvalue weighted by molar-refractivity contribution is 5.89. The Kier molecular flexibility index (Phi) is 5.16. The molecule has 1 heterocycles. The normalized spacial score (nSPS) is 16.3. The van der Waals surface area contributed by atoms with E-state index in [0.717, 1.165) is 17.7 Å². The highest BCUT2D eigenvalue weighted by atomic mass is 16.4. The molecule has 1 aromatic carbocycles.